The quantitative estimate of drug-likeness (QED) is 0.767. The van der Waals surface area contributed by atoms with Crippen molar-refractivity contribution in [3.05, 3.63) is 23.0 Å². The van der Waals surface area contributed by atoms with Crippen LogP contribution in [0, 0.1) is 6.92 Å². The molecule has 0 fully saturated rings. The number of hydrogen-bond donors (Lipinski definition) is 1. The van der Waals surface area contributed by atoms with Crippen molar-refractivity contribution in [2.24, 2.45) is 0 Å². The molecular formula is C9H9F2NO3. The molecule has 0 atom stereocenters. The molecule has 1 aromatic heterocycles. The van der Waals surface area contributed by atoms with Crippen LogP contribution in [0.5, 0.6) is 5.75 Å². The van der Waals surface area contributed by atoms with Crippen LogP contribution in [-0.2, 0) is 4.74 Å². The largest absolute Gasteiger partial charge is 0.505 e. The van der Waals surface area contributed by atoms with Gasteiger partial charge in [-0.3, -0.25) is 4.98 Å². The van der Waals surface area contributed by atoms with Crippen LogP contribution >= 0.6 is 0 Å². The number of alkyl halides is 2. The maximum atomic E-state index is 12.3. The van der Waals surface area contributed by atoms with Gasteiger partial charge >= 0.3 is 5.97 Å². The molecule has 1 aromatic rings. The first-order valence-electron chi connectivity index (χ1n) is 4.04. The maximum Gasteiger partial charge on any atom is 0.342 e. The van der Waals surface area contributed by atoms with Gasteiger partial charge in [0.15, 0.2) is 5.75 Å². The van der Waals surface area contributed by atoms with E-state index in [1.54, 1.807) is 0 Å². The zero-order chi connectivity index (χ0) is 11.6. The lowest BCUT2D eigenvalue weighted by Crippen LogP contribution is -2.07. The summed E-state index contributed by atoms with van der Waals surface area (Å²) in [5.74, 6) is -1.69. The molecule has 4 nitrogen and oxygen atoms in total. The lowest BCUT2D eigenvalue weighted by atomic mass is 10.1. The molecule has 1 heterocycles. The van der Waals surface area contributed by atoms with Crippen molar-refractivity contribution in [3.8, 4) is 5.75 Å². The van der Waals surface area contributed by atoms with E-state index in [9.17, 15) is 18.7 Å². The number of ether oxygens (including phenoxy) is 1. The molecule has 0 spiro atoms. The lowest BCUT2D eigenvalue weighted by molar-refractivity contribution is 0.0595. The minimum Gasteiger partial charge on any atom is -0.505 e. The summed E-state index contributed by atoms with van der Waals surface area (Å²) in [4.78, 5) is 14.5. The van der Waals surface area contributed by atoms with Crippen molar-refractivity contribution in [3.63, 3.8) is 0 Å². The second-order valence-electron chi connectivity index (χ2n) is 2.84. The monoisotopic (exact) mass is 217 g/mol. The number of hydrogen-bond acceptors (Lipinski definition) is 4. The molecule has 0 radical (unpaired) electrons. The molecule has 0 saturated heterocycles. The SMILES string of the molecule is COC(=O)c1c(C)cnc(C(F)F)c1O. The van der Waals surface area contributed by atoms with E-state index in [4.69, 9.17) is 0 Å². The number of halogens is 2. The van der Waals surface area contributed by atoms with Crippen molar-refractivity contribution < 1.29 is 23.4 Å². The van der Waals surface area contributed by atoms with Gasteiger partial charge in [-0.15, -0.1) is 0 Å². The van der Waals surface area contributed by atoms with Crippen molar-refractivity contribution in [2.75, 3.05) is 7.11 Å². The van der Waals surface area contributed by atoms with Crippen LogP contribution in [0.1, 0.15) is 28.0 Å². The Labute approximate surface area is 84.5 Å². The van der Waals surface area contributed by atoms with E-state index >= 15 is 0 Å². The zero-order valence-electron chi connectivity index (χ0n) is 8.12. The van der Waals surface area contributed by atoms with Crippen LogP contribution < -0.4 is 0 Å². The van der Waals surface area contributed by atoms with Crippen LogP contribution in [0.15, 0.2) is 6.20 Å². The molecule has 0 bridgehead atoms. The molecule has 1 N–H and O–H groups in total. The summed E-state index contributed by atoms with van der Waals surface area (Å²) in [6.45, 7) is 1.47. The van der Waals surface area contributed by atoms with E-state index in [-0.39, 0.29) is 11.1 Å². The number of aromatic hydroxyl groups is 1. The number of nitrogens with zero attached hydrogens (tertiary/aromatic N) is 1. The molecule has 6 heteroatoms. The fourth-order valence-corrected chi connectivity index (χ4v) is 1.13. The number of esters is 1. The second kappa shape index (κ2) is 4.20. The second-order valence-corrected chi connectivity index (χ2v) is 2.84. The van der Waals surface area contributed by atoms with E-state index < -0.39 is 23.8 Å². The summed E-state index contributed by atoms with van der Waals surface area (Å²) in [6, 6.07) is 0. The standard InChI is InChI=1S/C9H9F2NO3/c1-4-3-12-6(8(10)11)7(13)5(4)9(14)15-2/h3,8,13H,1-2H3. The van der Waals surface area contributed by atoms with Crippen molar-refractivity contribution >= 4 is 5.97 Å². The summed E-state index contributed by atoms with van der Waals surface area (Å²) in [5, 5.41) is 9.40. The summed E-state index contributed by atoms with van der Waals surface area (Å²) < 4.78 is 29.0. The average Bonchev–Trinajstić information content (AvgIpc) is 2.16. The van der Waals surface area contributed by atoms with Gasteiger partial charge in [0.25, 0.3) is 6.43 Å². The zero-order valence-corrected chi connectivity index (χ0v) is 8.12. The van der Waals surface area contributed by atoms with Gasteiger partial charge in [-0.25, -0.2) is 13.6 Å². The minimum atomic E-state index is -2.94. The highest BCUT2D eigenvalue weighted by molar-refractivity contribution is 5.94. The molecule has 15 heavy (non-hydrogen) atoms. The Kier molecular flexibility index (Phi) is 3.18. The van der Waals surface area contributed by atoms with Crippen molar-refractivity contribution in [2.45, 2.75) is 13.3 Å². The Bertz CT molecular complexity index is 393. The number of aromatic nitrogens is 1. The van der Waals surface area contributed by atoms with Crippen LogP contribution in [0.3, 0.4) is 0 Å². The predicted molar refractivity (Wildman–Crippen MR) is 46.9 cm³/mol. The third kappa shape index (κ3) is 2.03. The molecule has 0 aliphatic heterocycles. The highest BCUT2D eigenvalue weighted by Gasteiger charge is 2.23. The molecule has 1 rings (SSSR count). The van der Waals surface area contributed by atoms with Gasteiger partial charge in [0.05, 0.1) is 7.11 Å². The molecule has 82 valence electrons. The average molecular weight is 217 g/mol. The highest BCUT2D eigenvalue weighted by Crippen LogP contribution is 2.31. The molecule has 0 aromatic carbocycles. The summed E-state index contributed by atoms with van der Waals surface area (Å²) >= 11 is 0. The lowest BCUT2D eigenvalue weighted by Gasteiger charge is -2.09. The van der Waals surface area contributed by atoms with Gasteiger partial charge in [-0.2, -0.15) is 0 Å². The third-order valence-electron chi connectivity index (χ3n) is 1.87. The highest BCUT2D eigenvalue weighted by atomic mass is 19.3. The topological polar surface area (TPSA) is 59.4 Å². The van der Waals surface area contributed by atoms with Crippen molar-refractivity contribution in [1.29, 1.82) is 0 Å². The third-order valence-corrected chi connectivity index (χ3v) is 1.87. The van der Waals surface area contributed by atoms with Gasteiger partial charge in [-0.05, 0) is 12.5 Å². The fraction of sp³-hybridized carbons (Fsp3) is 0.333. The number of methoxy groups -OCH3 is 1. The van der Waals surface area contributed by atoms with Crippen LogP contribution in [-0.4, -0.2) is 23.2 Å². The smallest absolute Gasteiger partial charge is 0.342 e. The first kappa shape index (κ1) is 11.4. The first-order valence-corrected chi connectivity index (χ1v) is 4.04. The molecule has 0 saturated carbocycles. The first-order chi connectivity index (χ1) is 6.99. The Hall–Kier alpha value is -1.72. The summed E-state index contributed by atoms with van der Waals surface area (Å²) in [6.07, 6.45) is -1.85. The van der Waals surface area contributed by atoms with Crippen molar-refractivity contribution in [1.82, 2.24) is 4.98 Å². The fourth-order valence-electron chi connectivity index (χ4n) is 1.13. The summed E-state index contributed by atoms with van der Waals surface area (Å²) in [7, 11) is 1.10. The van der Waals surface area contributed by atoms with Gasteiger partial charge in [-0.1, -0.05) is 0 Å². The van der Waals surface area contributed by atoms with Gasteiger partial charge in [0, 0.05) is 6.20 Å². The molecule has 0 aliphatic rings. The maximum absolute atomic E-state index is 12.3. The molecule has 0 aliphatic carbocycles. The van der Waals surface area contributed by atoms with Crippen LogP contribution in [0.25, 0.3) is 0 Å². The van der Waals surface area contributed by atoms with Crippen LogP contribution in [0.2, 0.25) is 0 Å². The Morgan fingerprint density at radius 1 is 1.60 bits per heavy atom. The number of carbonyl (C=O) groups is 1. The van der Waals surface area contributed by atoms with E-state index in [0.717, 1.165) is 13.3 Å². The Morgan fingerprint density at radius 3 is 2.67 bits per heavy atom. The number of carbonyl (C=O) groups excluding carboxylic acids is 1. The van der Waals surface area contributed by atoms with Crippen LogP contribution in [0.4, 0.5) is 8.78 Å². The molecular weight excluding hydrogens is 208 g/mol. The summed E-state index contributed by atoms with van der Waals surface area (Å²) in [5.41, 5.74) is -0.812. The molecule has 0 unspecified atom stereocenters. The Morgan fingerprint density at radius 2 is 2.20 bits per heavy atom. The number of rotatable bonds is 2. The molecule has 0 amide bonds. The van der Waals surface area contributed by atoms with E-state index in [1.165, 1.54) is 6.92 Å². The van der Waals surface area contributed by atoms with Gasteiger partial charge < -0.3 is 9.84 Å². The minimum absolute atomic E-state index is 0.275. The van der Waals surface area contributed by atoms with Gasteiger partial charge in [0.1, 0.15) is 11.3 Å². The van der Waals surface area contributed by atoms with E-state index in [0.29, 0.717) is 0 Å². The van der Waals surface area contributed by atoms with E-state index in [2.05, 4.69) is 9.72 Å². The van der Waals surface area contributed by atoms with Gasteiger partial charge in [0.2, 0.25) is 0 Å². The predicted octanol–water partition coefficient (Wildman–Crippen LogP) is 1.82. The normalized spacial score (nSPS) is 10.5. The Balaban J connectivity index is 3.36. The number of aryl methyl sites for hydroxylation is 1. The van der Waals surface area contributed by atoms with E-state index in [1.807, 2.05) is 0 Å². The number of pyridine rings is 1.